The minimum absolute atomic E-state index is 0.00626. The molecule has 6 nitrogen and oxygen atoms in total. The van der Waals surface area contributed by atoms with Gasteiger partial charge in [0.15, 0.2) is 0 Å². The Balaban J connectivity index is 1.36. The molecule has 0 atom stereocenters. The smallest absolute Gasteiger partial charge is 0.259 e. The minimum Gasteiger partial charge on any atom is -0.394 e. The highest BCUT2D eigenvalue weighted by Gasteiger charge is 2.45. The fraction of sp³-hybridized carbons (Fsp3) is 0.556. The number of carbonyl (C=O) groups is 1. The van der Waals surface area contributed by atoms with Gasteiger partial charge in [-0.2, -0.15) is 0 Å². The summed E-state index contributed by atoms with van der Waals surface area (Å²) in [5.41, 5.74) is 1.47. The van der Waals surface area contributed by atoms with Gasteiger partial charge in [-0.3, -0.25) is 4.79 Å². The first-order valence-electron chi connectivity index (χ1n) is 12.6. The number of anilines is 3. The van der Waals surface area contributed by atoms with Gasteiger partial charge in [0.25, 0.3) is 5.91 Å². The number of nitrogens with zero attached hydrogens (tertiary/aromatic N) is 2. The number of carbonyl (C=O) groups excluding carboxylic acids is 1. The molecule has 5 rings (SSSR count). The Bertz CT molecular complexity index is 1040. The molecule has 2 aliphatic carbocycles. The molecule has 182 valence electrons. The predicted molar refractivity (Wildman–Crippen MR) is 140 cm³/mol. The minimum atomic E-state index is -0.493. The number of hydrogen-bond acceptors (Lipinski definition) is 6. The standard InChI is InChI=1S/C27H36N4O2S/c1-26(2,18-32)30-23-10-9-22(24(29-23)31-15-13-27(11-12-27)14-16-31)25(33)28-19-5-3-8-21(17-19)34-20-6-4-7-20/h3,5,8-10,17,20,32H,4,6-7,11-16,18H2,1-2H3,(H,28,33)(H,29,30). The van der Waals surface area contributed by atoms with Crippen molar-refractivity contribution in [1.29, 1.82) is 0 Å². The lowest BCUT2D eigenvalue weighted by Crippen LogP contribution is -2.38. The number of aliphatic hydroxyl groups is 1. The molecule has 1 aromatic heterocycles. The number of aromatic nitrogens is 1. The van der Waals surface area contributed by atoms with Gasteiger partial charge in [-0.1, -0.05) is 12.5 Å². The highest BCUT2D eigenvalue weighted by Crippen LogP contribution is 2.54. The number of thioether (sulfide) groups is 1. The molecule has 2 aromatic rings. The second kappa shape index (κ2) is 9.42. The van der Waals surface area contributed by atoms with Crippen molar-refractivity contribution < 1.29 is 9.90 Å². The average Bonchev–Trinajstić information content (AvgIpc) is 3.55. The van der Waals surface area contributed by atoms with E-state index in [1.54, 1.807) is 0 Å². The van der Waals surface area contributed by atoms with Crippen LogP contribution in [-0.2, 0) is 0 Å². The highest BCUT2D eigenvalue weighted by atomic mass is 32.2. The van der Waals surface area contributed by atoms with Crippen molar-refractivity contribution in [3.05, 3.63) is 42.0 Å². The third-order valence-corrected chi connectivity index (χ3v) is 8.84. The molecule has 2 heterocycles. The van der Waals surface area contributed by atoms with Gasteiger partial charge in [-0.15, -0.1) is 11.8 Å². The Kier molecular flexibility index (Phi) is 6.51. The van der Waals surface area contributed by atoms with Crippen LogP contribution < -0.4 is 15.5 Å². The van der Waals surface area contributed by atoms with Crippen molar-refractivity contribution in [2.45, 2.75) is 74.5 Å². The summed E-state index contributed by atoms with van der Waals surface area (Å²) < 4.78 is 0. The number of aliphatic hydroxyl groups excluding tert-OH is 1. The van der Waals surface area contributed by atoms with Gasteiger partial charge < -0.3 is 20.6 Å². The molecular formula is C27H36N4O2S. The number of amides is 1. The van der Waals surface area contributed by atoms with E-state index < -0.39 is 5.54 Å². The van der Waals surface area contributed by atoms with Gasteiger partial charge in [0.1, 0.15) is 11.6 Å². The Morgan fingerprint density at radius 2 is 1.94 bits per heavy atom. The van der Waals surface area contributed by atoms with Crippen LogP contribution in [-0.4, -0.2) is 46.5 Å². The lowest BCUT2D eigenvalue weighted by molar-refractivity contribution is 0.102. The van der Waals surface area contributed by atoms with E-state index in [-0.39, 0.29) is 12.5 Å². The normalized spacial score (nSPS) is 19.6. The largest absolute Gasteiger partial charge is 0.394 e. The molecule has 0 bridgehead atoms. The first-order valence-corrected chi connectivity index (χ1v) is 13.5. The van der Waals surface area contributed by atoms with Crippen LogP contribution in [0.15, 0.2) is 41.3 Å². The topological polar surface area (TPSA) is 77.5 Å². The van der Waals surface area contributed by atoms with E-state index in [2.05, 4.69) is 27.7 Å². The summed E-state index contributed by atoms with van der Waals surface area (Å²) in [5.74, 6) is 1.27. The Morgan fingerprint density at radius 3 is 2.59 bits per heavy atom. The molecule has 34 heavy (non-hydrogen) atoms. The predicted octanol–water partition coefficient (Wildman–Crippen LogP) is 5.54. The van der Waals surface area contributed by atoms with Crippen LogP contribution in [0.5, 0.6) is 0 Å². The molecule has 1 aromatic carbocycles. The molecule has 0 unspecified atom stereocenters. The van der Waals surface area contributed by atoms with Crippen LogP contribution in [0.1, 0.15) is 69.2 Å². The van der Waals surface area contributed by atoms with Gasteiger partial charge in [-0.05, 0) is 88.1 Å². The lowest BCUT2D eigenvalue weighted by Gasteiger charge is -2.34. The second-order valence-corrected chi connectivity index (χ2v) is 12.2. The first-order chi connectivity index (χ1) is 16.3. The van der Waals surface area contributed by atoms with Gasteiger partial charge in [-0.25, -0.2) is 4.98 Å². The summed E-state index contributed by atoms with van der Waals surface area (Å²) in [6.07, 6.45) is 8.88. The number of nitrogens with one attached hydrogen (secondary N) is 2. The third-order valence-electron chi connectivity index (χ3n) is 7.51. The Labute approximate surface area is 206 Å². The van der Waals surface area contributed by atoms with Crippen LogP contribution in [0.4, 0.5) is 17.3 Å². The maximum atomic E-state index is 13.4. The summed E-state index contributed by atoms with van der Waals surface area (Å²) in [5, 5.41) is 16.8. The molecule has 1 saturated heterocycles. The SMILES string of the molecule is CC(C)(CO)Nc1ccc(C(=O)Nc2cccc(SC3CCC3)c2)c(N2CCC3(CC2)CC3)n1. The van der Waals surface area contributed by atoms with E-state index in [0.717, 1.165) is 37.4 Å². The van der Waals surface area contributed by atoms with Crippen molar-refractivity contribution in [3.63, 3.8) is 0 Å². The van der Waals surface area contributed by atoms with E-state index in [0.29, 0.717) is 22.0 Å². The number of rotatable bonds is 8. The molecule has 1 aliphatic heterocycles. The van der Waals surface area contributed by atoms with Crippen molar-refractivity contribution in [2.24, 2.45) is 5.41 Å². The molecule has 1 spiro atoms. The zero-order valence-corrected chi connectivity index (χ0v) is 21.1. The van der Waals surface area contributed by atoms with Crippen LogP contribution >= 0.6 is 11.8 Å². The Hall–Kier alpha value is -2.25. The lowest BCUT2D eigenvalue weighted by atomic mass is 9.93. The summed E-state index contributed by atoms with van der Waals surface area (Å²) in [7, 11) is 0. The van der Waals surface area contributed by atoms with Crippen molar-refractivity contribution >= 4 is 35.0 Å². The Morgan fingerprint density at radius 1 is 1.18 bits per heavy atom. The van der Waals surface area contributed by atoms with E-state index >= 15 is 0 Å². The monoisotopic (exact) mass is 480 g/mol. The van der Waals surface area contributed by atoms with Crippen molar-refractivity contribution in [3.8, 4) is 0 Å². The maximum Gasteiger partial charge on any atom is 0.259 e. The van der Waals surface area contributed by atoms with Crippen LogP contribution in [0.25, 0.3) is 0 Å². The summed E-state index contributed by atoms with van der Waals surface area (Å²) in [6, 6.07) is 11.9. The highest BCUT2D eigenvalue weighted by molar-refractivity contribution is 8.00. The molecule has 0 radical (unpaired) electrons. The maximum absolute atomic E-state index is 13.4. The molecule has 1 amide bonds. The van der Waals surface area contributed by atoms with Crippen molar-refractivity contribution in [1.82, 2.24) is 4.98 Å². The third kappa shape index (κ3) is 5.36. The van der Waals surface area contributed by atoms with Gasteiger partial charge >= 0.3 is 0 Å². The van der Waals surface area contributed by atoms with Gasteiger partial charge in [0.05, 0.1) is 17.7 Å². The summed E-state index contributed by atoms with van der Waals surface area (Å²) >= 11 is 1.91. The molecular weight excluding hydrogens is 444 g/mol. The summed E-state index contributed by atoms with van der Waals surface area (Å²) in [4.78, 5) is 21.8. The quantitative estimate of drug-likeness (QED) is 0.460. The number of benzene rings is 1. The van der Waals surface area contributed by atoms with Crippen molar-refractivity contribution in [2.75, 3.05) is 35.2 Å². The van der Waals surface area contributed by atoms with E-state index in [4.69, 9.17) is 4.98 Å². The molecule has 2 saturated carbocycles. The summed E-state index contributed by atoms with van der Waals surface area (Å²) in [6.45, 7) is 5.71. The van der Waals surface area contributed by atoms with Gasteiger partial charge in [0.2, 0.25) is 0 Å². The number of pyridine rings is 1. The fourth-order valence-corrected chi connectivity index (χ4v) is 6.02. The van der Waals surface area contributed by atoms with Crippen LogP contribution in [0.3, 0.4) is 0 Å². The molecule has 3 fully saturated rings. The van der Waals surface area contributed by atoms with E-state index in [1.165, 1.54) is 37.0 Å². The zero-order chi connectivity index (χ0) is 23.8. The first kappa shape index (κ1) is 23.5. The molecule has 3 N–H and O–H groups in total. The zero-order valence-electron chi connectivity index (χ0n) is 20.3. The average molecular weight is 481 g/mol. The molecule has 7 heteroatoms. The van der Waals surface area contributed by atoms with Gasteiger partial charge in [0, 0.05) is 28.9 Å². The van der Waals surface area contributed by atoms with E-state index in [9.17, 15) is 9.90 Å². The van der Waals surface area contributed by atoms with E-state index in [1.807, 2.05) is 49.9 Å². The number of hydrogen-bond donors (Lipinski definition) is 3. The van der Waals surface area contributed by atoms with Crippen LogP contribution in [0, 0.1) is 5.41 Å². The number of piperidine rings is 1. The van der Waals surface area contributed by atoms with Crippen LogP contribution in [0.2, 0.25) is 0 Å². The fourth-order valence-electron chi connectivity index (χ4n) is 4.72. The molecule has 3 aliphatic rings. The second-order valence-electron chi connectivity index (χ2n) is 10.9.